The minimum absolute atomic E-state index is 0.102. The minimum atomic E-state index is -0.952. The molecule has 1 aliphatic heterocycles. The van der Waals surface area contributed by atoms with Crippen molar-refractivity contribution in [1.82, 2.24) is 0 Å². The summed E-state index contributed by atoms with van der Waals surface area (Å²) in [5, 5.41) is 0. The minimum Gasteiger partial charge on any atom is -0.352 e. The zero-order valence-electron chi connectivity index (χ0n) is 22.9. The maximum absolute atomic E-state index is 15.1. The fourth-order valence-corrected chi connectivity index (χ4v) is 5.16. The fraction of sp³-hybridized carbons (Fsp3) is 0.455. The highest BCUT2D eigenvalue weighted by Crippen LogP contribution is 2.34. The normalized spacial score (nSPS) is 17.5. The van der Waals surface area contributed by atoms with Crippen LogP contribution in [0, 0.1) is 23.3 Å². The lowest BCUT2D eigenvalue weighted by Crippen LogP contribution is -2.31. The molecule has 1 aliphatic rings. The van der Waals surface area contributed by atoms with Crippen LogP contribution in [-0.2, 0) is 15.9 Å². The van der Waals surface area contributed by atoms with Crippen LogP contribution >= 0.6 is 0 Å². The lowest BCUT2D eigenvalue weighted by atomic mass is 9.94. The molecule has 2 nitrogen and oxygen atoms in total. The van der Waals surface area contributed by atoms with E-state index < -0.39 is 23.3 Å². The van der Waals surface area contributed by atoms with E-state index in [0.717, 1.165) is 32.1 Å². The van der Waals surface area contributed by atoms with Gasteiger partial charge in [0.2, 0.25) is 0 Å². The summed E-state index contributed by atoms with van der Waals surface area (Å²) in [5.74, 6) is -3.95. The summed E-state index contributed by atoms with van der Waals surface area (Å²) in [7, 11) is 0. The van der Waals surface area contributed by atoms with Gasteiger partial charge in [0, 0.05) is 17.0 Å². The van der Waals surface area contributed by atoms with Gasteiger partial charge in [0.15, 0.2) is 29.6 Å². The van der Waals surface area contributed by atoms with Gasteiger partial charge in [-0.2, -0.15) is 0 Å². The lowest BCUT2D eigenvalue weighted by molar-refractivity contribution is -0.190. The summed E-state index contributed by atoms with van der Waals surface area (Å²) in [6.45, 7) is 4.74. The second-order valence-corrected chi connectivity index (χ2v) is 10.4. The van der Waals surface area contributed by atoms with Gasteiger partial charge in [-0.1, -0.05) is 101 Å². The van der Waals surface area contributed by atoms with Gasteiger partial charge in [0.05, 0.1) is 13.2 Å². The van der Waals surface area contributed by atoms with Crippen LogP contribution in [0.3, 0.4) is 0 Å². The summed E-state index contributed by atoms with van der Waals surface area (Å²) in [6, 6.07) is 12.7. The third-order valence-electron chi connectivity index (χ3n) is 7.51. The standard InChI is InChI=1S/C33H38F4O2/c1-3-5-6-7-8-9-11-24-16-17-26(31(35)30(24)34)22-12-14-23(15-13-22)27-18-19-28(33(37)32(27)36)25-20-38-29(10-4-2)39-21-25/h12-19,25,29H,3-11,20-21H2,1-2H3. The van der Waals surface area contributed by atoms with Crippen LogP contribution in [0.4, 0.5) is 17.6 Å². The largest absolute Gasteiger partial charge is 0.352 e. The van der Waals surface area contributed by atoms with Crippen LogP contribution in [0.25, 0.3) is 22.3 Å². The number of hydrogen-bond donors (Lipinski definition) is 0. The summed E-state index contributed by atoms with van der Waals surface area (Å²) < 4.78 is 71.2. The molecule has 0 saturated carbocycles. The number of halogens is 4. The van der Waals surface area contributed by atoms with Crippen LogP contribution in [0.15, 0.2) is 48.5 Å². The van der Waals surface area contributed by atoms with Crippen molar-refractivity contribution in [3.63, 3.8) is 0 Å². The van der Waals surface area contributed by atoms with Gasteiger partial charge in [-0.15, -0.1) is 0 Å². The molecule has 210 valence electrons. The van der Waals surface area contributed by atoms with E-state index in [-0.39, 0.29) is 42.1 Å². The van der Waals surface area contributed by atoms with Gasteiger partial charge in [-0.05, 0) is 41.5 Å². The highest BCUT2D eigenvalue weighted by Gasteiger charge is 2.27. The van der Waals surface area contributed by atoms with E-state index in [1.165, 1.54) is 25.3 Å². The van der Waals surface area contributed by atoms with Crippen molar-refractivity contribution in [1.29, 1.82) is 0 Å². The van der Waals surface area contributed by atoms with E-state index in [0.29, 0.717) is 23.1 Å². The van der Waals surface area contributed by atoms with Crippen LogP contribution in [0.5, 0.6) is 0 Å². The van der Waals surface area contributed by atoms with E-state index in [2.05, 4.69) is 6.92 Å². The van der Waals surface area contributed by atoms with E-state index in [9.17, 15) is 8.78 Å². The van der Waals surface area contributed by atoms with Crippen molar-refractivity contribution >= 4 is 0 Å². The Bertz CT molecular complexity index is 1220. The number of rotatable bonds is 12. The molecule has 0 bridgehead atoms. The van der Waals surface area contributed by atoms with E-state index >= 15 is 8.78 Å². The first kappa shape index (κ1) is 29.3. The van der Waals surface area contributed by atoms with Gasteiger partial charge in [0.1, 0.15) is 0 Å². The van der Waals surface area contributed by atoms with Crippen molar-refractivity contribution in [3.8, 4) is 22.3 Å². The van der Waals surface area contributed by atoms with Crippen LogP contribution in [0.2, 0.25) is 0 Å². The maximum atomic E-state index is 15.1. The first-order chi connectivity index (χ1) is 18.9. The molecule has 39 heavy (non-hydrogen) atoms. The molecule has 3 aromatic rings. The number of unbranched alkanes of at least 4 members (excludes halogenated alkanes) is 5. The SMILES string of the molecule is CCCCCCCCc1ccc(-c2ccc(-c3ccc(C4COC(CCC)OC4)c(F)c3F)cc2)c(F)c1F. The number of aryl methyl sites for hydroxylation is 1. The zero-order valence-corrected chi connectivity index (χ0v) is 22.9. The highest BCUT2D eigenvalue weighted by molar-refractivity contribution is 5.71. The van der Waals surface area contributed by atoms with Crippen LogP contribution in [-0.4, -0.2) is 19.5 Å². The maximum Gasteiger partial charge on any atom is 0.166 e. The monoisotopic (exact) mass is 542 g/mol. The predicted molar refractivity (Wildman–Crippen MR) is 148 cm³/mol. The van der Waals surface area contributed by atoms with E-state index in [1.807, 2.05) is 6.92 Å². The number of benzene rings is 3. The number of hydrogen-bond acceptors (Lipinski definition) is 2. The lowest BCUT2D eigenvalue weighted by Gasteiger charge is -2.29. The van der Waals surface area contributed by atoms with Gasteiger partial charge < -0.3 is 9.47 Å². The summed E-state index contributed by atoms with van der Waals surface area (Å²) >= 11 is 0. The van der Waals surface area contributed by atoms with Crippen molar-refractivity contribution in [2.75, 3.05) is 13.2 Å². The zero-order chi connectivity index (χ0) is 27.8. The second kappa shape index (κ2) is 14.1. The van der Waals surface area contributed by atoms with Crippen LogP contribution < -0.4 is 0 Å². The molecule has 1 saturated heterocycles. The van der Waals surface area contributed by atoms with Crippen molar-refractivity contribution in [3.05, 3.63) is 82.9 Å². The quantitative estimate of drug-likeness (QED) is 0.168. The Kier molecular flexibility index (Phi) is 10.6. The molecule has 0 radical (unpaired) electrons. The summed E-state index contributed by atoms with van der Waals surface area (Å²) in [5.41, 5.74) is 1.77. The molecule has 0 atom stereocenters. The Morgan fingerprint density at radius 2 is 1.18 bits per heavy atom. The molecular formula is C33H38F4O2. The van der Waals surface area contributed by atoms with Gasteiger partial charge in [-0.3, -0.25) is 0 Å². The number of ether oxygens (including phenoxy) is 2. The molecule has 0 spiro atoms. The van der Waals surface area contributed by atoms with Gasteiger partial charge >= 0.3 is 0 Å². The predicted octanol–water partition coefficient (Wildman–Crippen LogP) is 9.74. The van der Waals surface area contributed by atoms with Gasteiger partial charge in [-0.25, -0.2) is 17.6 Å². The summed E-state index contributed by atoms with van der Waals surface area (Å²) in [6.07, 6.45) is 8.38. The van der Waals surface area contributed by atoms with Gasteiger partial charge in [0.25, 0.3) is 0 Å². The molecule has 6 heteroatoms. The Balaban J connectivity index is 1.44. The van der Waals surface area contributed by atoms with E-state index in [4.69, 9.17) is 9.47 Å². The molecular weight excluding hydrogens is 504 g/mol. The fourth-order valence-electron chi connectivity index (χ4n) is 5.16. The average Bonchev–Trinajstić information content (AvgIpc) is 2.95. The first-order valence-corrected chi connectivity index (χ1v) is 14.2. The molecule has 1 fully saturated rings. The Hall–Kier alpha value is -2.70. The summed E-state index contributed by atoms with van der Waals surface area (Å²) in [4.78, 5) is 0. The van der Waals surface area contributed by atoms with Crippen molar-refractivity contribution in [2.45, 2.75) is 83.8 Å². The molecule has 0 N–H and O–H groups in total. The Labute approximate surface area is 229 Å². The van der Waals surface area contributed by atoms with Crippen molar-refractivity contribution in [2.24, 2.45) is 0 Å². The molecule has 1 heterocycles. The Morgan fingerprint density at radius 3 is 1.79 bits per heavy atom. The Morgan fingerprint density at radius 1 is 0.615 bits per heavy atom. The van der Waals surface area contributed by atoms with Crippen LogP contribution in [0.1, 0.15) is 82.3 Å². The van der Waals surface area contributed by atoms with E-state index in [1.54, 1.807) is 42.5 Å². The molecule has 0 aliphatic carbocycles. The van der Waals surface area contributed by atoms with Crippen molar-refractivity contribution < 1.29 is 27.0 Å². The topological polar surface area (TPSA) is 18.5 Å². The first-order valence-electron chi connectivity index (χ1n) is 14.2. The third kappa shape index (κ3) is 7.09. The average molecular weight is 543 g/mol. The molecule has 0 aromatic heterocycles. The highest BCUT2D eigenvalue weighted by atomic mass is 19.2. The molecule has 0 unspecified atom stereocenters. The smallest absolute Gasteiger partial charge is 0.166 e. The third-order valence-corrected chi connectivity index (χ3v) is 7.51. The molecule has 3 aromatic carbocycles. The molecule has 0 amide bonds. The second-order valence-electron chi connectivity index (χ2n) is 10.4. The molecule has 4 rings (SSSR count).